The number of carbonyl (C=O) groups is 1. The average Bonchev–Trinajstić information content (AvgIpc) is 2.55. The van der Waals surface area contributed by atoms with Gasteiger partial charge in [0.05, 0.1) is 17.2 Å². The number of anilines is 1. The topological polar surface area (TPSA) is 47.6 Å². The van der Waals surface area contributed by atoms with Gasteiger partial charge in [-0.2, -0.15) is 0 Å². The molecule has 0 aliphatic carbocycles. The van der Waals surface area contributed by atoms with Crippen LogP contribution in [0.4, 0.5) is 5.69 Å². The van der Waals surface area contributed by atoms with Crippen LogP contribution in [-0.4, -0.2) is 18.6 Å². The lowest BCUT2D eigenvalue weighted by molar-refractivity contribution is 0.102. The molecule has 1 amide bonds. The van der Waals surface area contributed by atoms with Crippen molar-refractivity contribution >= 4 is 27.5 Å². The minimum atomic E-state index is -0.173. The van der Waals surface area contributed by atoms with Gasteiger partial charge in [0.2, 0.25) is 0 Å². The number of amides is 1. The van der Waals surface area contributed by atoms with Crippen LogP contribution in [0.25, 0.3) is 0 Å². The Hall–Kier alpha value is -2.01. The molecule has 25 heavy (non-hydrogen) atoms. The van der Waals surface area contributed by atoms with Gasteiger partial charge in [0.25, 0.3) is 5.91 Å². The number of hydrogen-bond acceptors (Lipinski definition) is 3. The fourth-order valence-electron chi connectivity index (χ4n) is 2.09. The monoisotopic (exact) mass is 405 g/mol. The van der Waals surface area contributed by atoms with Crippen molar-refractivity contribution in [3.63, 3.8) is 0 Å². The zero-order valence-corrected chi connectivity index (χ0v) is 16.6. The number of rotatable bonds is 7. The second-order valence-corrected chi connectivity index (χ2v) is 7.35. The maximum absolute atomic E-state index is 12.4. The summed E-state index contributed by atoms with van der Waals surface area (Å²) < 4.78 is 12.1. The van der Waals surface area contributed by atoms with Gasteiger partial charge in [0, 0.05) is 11.3 Å². The fraction of sp³-hybridized carbons (Fsp3) is 0.350. The van der Waals surface area contributed by atoms with E-state index >= 15 is 0 Å². The minimum absolute atomic E-state index is 0.0763. The fourth-order valence-corrected chi connectivity index (χ4v) is 2.56. The lowest BCUT2D eigenvalue weighted by Gasteiger charge is -2.13. The van der Waals surface area contributed by atoms with Gasteiger partial charge >= 0.3 is 0 Å². The maximum atomic E-state index is 12.4. The average molecular weight is 406 g/mol. The molecule has 2 rings (SSSR count). The molecule has 1 N–H and O–H groups in total. The van der Waals surface area contributed by atoms with Crippen molar-refractivity contribution < 1.29 is 14.3 Å². The summed E-state index contributed by atoms with van der Waals surface area (Å²) >= 11 is 3.45. The second-order valence-electron chi connectivity index (χ2n) is 6.50. The number of hydrogen-bond donors (Lipinski definition) is 1. The number of benzene rings is 2. The molecule has 0 spiro atoms. The van der Waals surface area contributed by atoms with Crippen molar-refractivity contribution in [1.82, 2.24) is 0 Å². The van der Waals surface area contributed by atoms with E-state index in [1.54, 1.807) is 18.2 Å². The van der Waals surface area contributed by atoms with E-state index in [1.165, 1.54) is 0 Å². The van der Waals surface area contributed by atoms with Gasteiger partial charge in [-0.05, 0) is 78.2 Å². The summed E-state index contributed by atoms with van der Waals surface area (Å²) in [5, 5.41) is 2.88. The molecule has 5 heteroatoms. The zero-order chi connectivity index (χ0) is 18.4. The molecule has 0 saturated heterocycles. The van der Waals surface area contributed by atoms with E-state index in [0.717, 1.165) is 21.7 Å². The predicted octanol–water partition coefficient (Wildman–Crippen LogP) is 5.52. The Morgan fingerprint density at radius 2 is 1.76 bits per heavy atom. The molecular formula is C20H24BrNO3. The number of carbonyl (C=O) groups excluding carboxylic acids is 1. The highest BCUT2D eigenvalue weighted by molar-refractivity contribution is 9.10. The summed E-state index contributed by atoms with van der Waals surface area (Å²) in [6, 6.07) is 12.7. The van der Waals surface area contributed by atoms with E-state index in [0.29, 0.717) is 18.1 Å². The van der Waals surface area contributed by atoms with Crippen LogP contribution in [0.3, 0.4) is 0 Å². The Morgan fingerprint density at radius 3 is 2.32 bits per heavy atom. The van der Waals surface area contributed by atoms with Crippen molar-refractivity contribution in [3.05, 3.63) is 52.5 Å². The first kappa shape index (κ1) is 19.3. The summed E-state index contributed by atoms with van der Waals surface area (Å²) in [6.45, 7) is 8.79. The molecule has 134 valence electrons. The zero-order valence-electron chi connectivity index (χ0n) is 15.0. The third-order valence-corrected chi connectivity index (χ3v) is 3.87. The van der Waals surface area contributed by atoms with Gasteiger partial charge in [-0.15, -0.1) is 0 Å². The van der Waals surface area contributed by atoms with Crippen LogP contribution in [0.1, 0.15) is 38.1 Å². The Balaban J connectivity index is 2.00. The molecule has 0 heterocycles. The first-order chi connectivity index (χ1) is 11.8. The third-order valence-electron chi connectivity index (χ3n) is 3.25. The van der Waals surface area contributed by atoms with Crippen LogP contribution < -0.4 is 14.8 Å². The molecule has 0 aliphatic rings. The van der Waals surface area contributed by atoms with E-state index in [1.807, 2.05) is 38.1 Å². The molecule has 0 bridgehead atoms. The van der Waals surface area contributed by atoms with Gasteiger partial charge in [-0.3, -0.25) is 4.79 Å². The van der Waals surface area contributed by atoms with Gasteiger partial charge in [-0.25, -0.2) is 0 Å². The van der Waals surface area contributed by atoms with E-state index in [-0.39, 0.29) is 12.0 Å². The standard InChI is InChI=1S/C20H24BrNO3/c1-13(2)12-24-17-8-6-16(7-9-17)22-20(23)15-5-10-19(18(21)11-15)25-14(3)4/h5-11,13-14H,12H2,1-4H3,(H,22,23). The first-order valence-corrected chi connectivity index (χ1v) is 9.15. The minimum Gasteiger partial charge on any atom is -0.493 e. The highest BCUT2D eigenvalue weighted by atomic mass is 79.9. The van der Waals surface area contributed by atoms with Gasteiger partial charge in [-0.1, -0.05) is 13.8 Å². The van der Waals surface area contributed by atoms with Crippen LogP contribution in [0.2, 0.25) is 0 Å². The Kier molecular flexibility index (Phi) is 6.88. The van der Waals surface area contributed by atoms with Gasteiger partial charge in [0.1, 0.15) is 11.5 Å². The summed E-state index contributed by atoms with van der Waals surface area (Å²) in [7, 11) is 0. The Bertz CT molecular complexity index is 711. The van der Waals surface area contributed by atoms with Crippen molar-refractivity contribution in [1.29, 1.82) is 0 Å². The smallest absolute Gasteiger partial charge is 0.255 e. The molecule has 0 fully saturated rings. The molecule has 0 atom stereocenters. The molecule has 0 aliphatic heterocycles. The number of nitrogens with one attached hydrogen (secondary N) is 1. The largest absolute Gasteiger partial charge is 0.493 e. The Labute approximate surface area is 157 Å². The van der Waals surface area contributed by atoms with Gasteiger partial charge in [0.15, 0.2) is 0 Å². The lowest BCUT2D eigenvalue weighted by Crippen LogP contribution is -2.12. The summed E-state index contributed by atoms with van der Waals surface area (Å²) in [5.41, 5.74) is 1.28. The van der Waals surface area contributed by atoms with Crippen LogP contribution >= 0.6 is 15.9 Å². The predicted molar refractivity (Wildman–Crippen MR) is 105 cm³/mol. The first-order valence-electron chi connectivity index (χ1n) is 8.35. The van der Waals surface area contributed by atoms with E-state index in [2.05, 4.69) is 35.1 Å². The molecular weight excluding hydrogens is 382 g/mol. The molecule has 0 aromatic heterocycles. The highest BCUT2D eigenvalue weighted by Crippen LogP contribution is 2.27. The molecule has 4 nitrogen and oxygen atoms in total. The van der Waals surface area contributed by atoms with Crippen molar-refractivity contribution in [2.45, 2.75) is 33.8 Å². The summed E-state index contributed by atoms with van der Waals surface area (Å²) in [6.07, 6.45) is 0.0763. The molecule has 0 saturated carbocycles. The Morgan fingerprint density at radius 1 is 1.08 bits per heavy atom. The molecule has 2 aromatic rings. The number of halogens is 1. The summed E-state index contributed by atoms with van der Waals surface area (Å²) in [5.74, 6) is 1.82. The summed E-state index contributed by atoms with van der Waals surface area (Å²) in [4.78, 5) is 12.4. The van der Waals surface area contributed by atoms with Gasteiger partial charge < -0.3 is 14.8 Å². The van der Waals surface area contributed by atoms with Crippen LogP contribution in [0, 0.1) is 5.92 Å². The highest BCUT2D eigenvalue weighted by Gasteiger charge is 2.10. The van der Waals surface area contributed by atoms with Crippen LogP contribution in [0.5, 0.6) is 11.5 Å². The van der Waals surface area contributed by atoms with E-state index in [4.69, 9.17) is 9.47 Å². The van der Waals surface area contributed by atoms with Crippen molar-refractivity contribution in [3.8, 4) is 11.5 Å². The quantitative estimate of drug-likeness (QED) is 0.658. The lowest BCUT2D eigenvalue weighted by atomic mass is 10.2. The third kappa shape index (κ3) is 6.09. The number of ether oxygens (including phenoxy) is 2. The van der Waals surface area contributed by atoms with E-state index in [9.17, 15) is 4.79 Å². The second kappa shape index (κ2) is 8.90. The molecule has 2 aromatic carbocycles. The normalized spacial score (nSPS) is 10.8. The van der Waals surface area contributed by atoms with Crippen molar-refractivity contribution in [2.24, 2.45) is 5.92 Å². The molecule has 0 radical (unpaired) electrons. The SMILES string of the molecule is CC(C)COc1ccc(NC(=O)c2ccc(OC(C)C)c(Br)c2)cc1. The molecule has 0 unspecified atom stereocenters. The van der Waals surface area contributed by atoms with Crippen molar-refractivity contribution in [2.75, 3.05) is 11.9 Å². The van der Waals surface area contributed by atoms with Crippen LogP contribution in [0.15, 0.2) is 46.9 Å². The van der Waals surface area contributed by atoms with Crippen LogP contribution in [-0.2, 0) is 0 Å². The van der Waals surface area contributed by atoms with E-state index < -0.39 is 0 Å². The maximum Gasteiger partial charge on any atom is 0.255 e.